The van der Waals surface area contributed by atoms with E-state index in [-0.39, 0.29) is 17.1 Å². The molecule has 0 saturated carbocycles. The summed E-state index contributed by atoms with van der Waals surface area (Å²) in [5, 5.41) is 0. The first-order chi connectivity index (χ1) is 11.5. The largest absolute Gasteiger partial charge is 0.497 e. The van der Waals surface area contributed by atoms with Crippen molar-refractivity contribution in [1.82, 2.24) is 0 Å². The van der Waals surface area contributed by atoms with Crippen molar-refractivity contribution in [3.05, 3.63) is 59.7 Å². The molecule has 126 valence electrons. The minimum Gasteiger partial charge on any atom is -0.497 e. The molecule has 0 aliphatic rings. The van der Waals surface area contributed by atoms with Gasteiger partial charge in [0.15, 0.2) is 5.78 Å². The number of ether oxygens (including phenoxy) is 3. The van der Waals surface area contributed by atoms with Gasteiger partial charge in [-0.1, -0.05) is 12.1 Å². The molecule has 6 heteroatoms. The highest BCUT2D eigenvalue weighted by atomic mass is 19.3. The molecule has 0 aromatic heterocycles. The number of carbonyl (C=O) groups is 1. The topological polar surface area (TPSA) is 44.8 Å². The minimum absolute atomic E-state index is 0.0636. The summed E-state index contributed by atoms with van der Waals surface area (Å²) in [6.07, 6.45) is 2.92. The van der Waals surface area contributed by atoms with Gasteiger partial charge in [-0.05, 0) is 36.4 Å². The Balaban J connectivity index is 2.19. The molecule has 0 saturated heterocycles. The van der Waals surface area contributed by atoms with Gasteiger partial charge in [0, 0.05) is 17.2 Å². The third-order valence-electron chi connectivity index (χ3n) is 3.20. The summed E-state index contributed by atoms with van der Waals surface area (Å²) in [6, 6.07) is 10.8. The third-order valence-corrected chi connectivity index (χ3v) is 3.20. The molecule has 0 spiro atoms. The van der Waals surface area contributed by atoms with Crippen LogP contribution in [0.5, 0.6) is 17.2 Å². The highest BCUT2D eigenvalue weighted by molar-refractivity contribution is 6.07. The molecular formula is C18H16F2O4. The summed E-state index contributed by atoms with van der Waals surface area (Å²) in [4.78, 5) is 12.2. The smallest absolute Gasteiger partial charge is 0.387 e. The van der Waals surface area contributed by atoms with E-state index in [1.807, 2.05) is 0 Å². The lowest BCUT2D eigenvalue weighted by Gasteiger charge is -2.07. The maximum absolute atomic E-state index is 12.2. The minimum atomic E-state index is -2.94. The molecule has 0 amide bonds. The lowest BCUT2D eigenvalue weighted by molar-refractivity contribution is -0.0498. The van der Waals surface area contributed by atoms with E-state index >= 15 is 0 Å². The number of methoxy groups -OCH3 is 2. The fourth-order valence-corrected chi connectivity index (χ4v) is 2.04. The van der Waals surface area contributed by atoms with E-state index in [2.05, 4.69) is 4.74 Å². The first-order valence-corrected chi connectivity index (χ1v) is 7.03. The van der Waals surface area contributed by atoms with Crippen LogP contribution in [-0.2, 0) is 0 Å². The summed E-state index contributed by atoms with van der Waals surface area (Å²) in [7, 11) is 3.06. The predicted octanol–water partition coefficient (Wildman–Crippen LogP) is 4.20. The Morgan fingerprint density at radius 3 is 2.50 bits per heavy atom. The zero-order valence-corrected chi connectivity index (χ0v) is 13.2. The Kier molecular flexibility index (Phi) is 5.89. The summed E-state index contributed by atoms with van der Waals surface area (Å²) < 4.78 is 39.1. The van der Waals surface area contributed by atoms with Crippen LogP contribution in [0.3, 0.4) is 0 Å². The number of allylic oxidation sites excluding steroid dienone is 1. The molecular weight excluding hydrogens is 318 g/mol. The molecule has 0 aliphatic heterocycles. The number of halogens is 2. The Morgan fingerprint density at radius 2 is 1.83 bits per heavy atom. The van der Waals surface area contributed by atoms with Crippen molar-refractivity contribution in [3.8, 4) is 17.2 Å². The lowest BCUT2D eigenvalue weighted by Crippen LogP contribution is -2.03. The normalized spacial score (nSPS) is 10.9. The molecule has 4 nitrogen and oxygen atoms in total. The summed E-state index contributed by atoms with van der Waals surface area (Å²) in [6.45, 7) is -2.94. The SMILES string of the molecule is COc1ccc(/C=C/C(=O)c2cccc(OC(F)F)c2)c(OC)c1. The quantitative estimate of drug-likeness (QED) is 0.562. The second-order valence-electron chi connectivity index (χ2n) is 4.71. The van der Waals surface area contributed by atoms with Gasteiger partial charge in [-0.3, -0.25) is 4.79 Å². The molecule has 0 N–H and O–H groups in total. The number of ketones is 1. The van der Waals surface area contributed by atoms with Gasteiger partial charge in [0.25, 0.3) is 0 Å². The Hall–Kier alpha value is -2.89. The van der Waals surface area contributed by atoms with Crippen molar-refractivity contribution in [1.29, 1.82) is 0 Å². The van der Waals surface area contributed by atoms with Crippen LogP contribution in [0, 0.1) is 0 Å². The fourth-order valence-electron chi connectivity index (χ4n) is 2.04. The van der Waals surface area contributed by atoms with Gasteiger partial charge in [0.2, 0.25) is 0 Å². The van der Waals surface area contributed by atoms with E-state index in [0.29, 0.717) is 17.1 Å². The van der Waals surface area contributed by atoms with Crippen molar-refractivity contribution < 1.29 is 27.8 Å². The van der Waals surface area contributed by atoms with E-state index in [1.165, 1.54) is 37.5 Å². The van der Waals surface area contributed by atoms with Crippen molar-refractivity contribution in [2.24, 2.45) is 0 Å². The number of rotatable bonds is 7. The Morgan fingerprint density at radius 1 is 1.04 bits per heavy atom. The summed E-state index contributed by atoms with van der Waals surface area (Å²) in [5.74, 6) is 0.777. The molecule has 2 aromatic rings. The molecule has 2 aromatic carbocycles. The van der Waals surface area contributed by atoms with Gasteiger partial charge in [-0.15, -0.1) is 0 Å². The molecule has 0 atom stereocenters. The van der Waals surface area contributed by atoms with Crippen molar-refractivity contribution in [3.63, 3.8) is 0 Å². The van der Waals surface area contributed by atoms with Gasteiger partial charge in [-0.2, -0.15) is 8.78 Å². The Labute approximate surface area is 138 Å². The molecule has 0 bridgehead atoms. The maximum atomic E-state index is 12.2. The van der Waals surface area contributed by atoms with Gasteiger partial charge in [-0.25, -0.2) is 0 Å². The van der Waals surface area contributed by atoms with Crippen LogP contribution in [0.2, 0.25) is 0 Å². The van der Waals surface area contributed by atoms with Crippen molar-refractivity contribution in [2.45, 2.75) is 6.61 Å². The number of alkyl halides is 2. The lowest BCUT2D eigenvalue weighted by atomic mass is 10.1. The van der Waals surface area contributed by atoms with Crippen molar-refractivity contribution >= 4 is 11.9 Å². The van der Waals surface area contributed by atoms with Crippen molar-refractivity contribution in [2.75, 3.05) is 14.2 Å². The average Bonchev–Trinajstić information content (AvgIpc) is 2.59. The van der Waals surface area contributed by atoms with E-state index < -0.39 is 6.61 Å². The number of benzene rings is 2. The van der Waals surface area contributed by atoms with Crippen LogP contribution < -0.4 is 14.2 Å². The zero-order chi connectivity index (χ0) is 17.5. The molecule has 0 fully saturated rings. The first kappa shape index (κ1) is 17.5. The molecule has 2 rings (SSSR count). The fraction of sp³-hybridized carbons (Fsp3) is 0.167. The second kappa shape index (κ2) is 8.10. The van der Waals surface area contributed by atoms with E-state index in [0.717, 1.165) is 0 Å². The monoisotopic (exact) mass is 334 g/mol. The summed E-state index contributed by atoms with van der Waals surface area (Å²) in [5.41, 5.74) is 0.934. The molecule has 0 aliphatic carbocycles. The van der Waals surface area contributed by atoms with E-state index in [4.69, 9.17) is 9.47 Å². The van der Waals surface area contributed by atoms with Crippen LogP contribution in [0.15, 0.2) is 48.5 Å². The molecule has 0 radical (unpaired) electrons. The number of hydrogen-bond acceptors (Lipinski definition) is 4. The van der Waals surface area contributed by atoms with Crippen LogP contribution in [0.4, 0.5) is 8.78 Å². The average molecular weight is 334 g/mol. The van der Waals surface area contributed by atoms with E-state index in [1.54, 1.807) is 31.4 Å². The van der Waals surface area contributed by atoms with Crippen LogP contribution in [-0.4, -0.2) is 26.6 Å². The highest BCUT2D eigenvalue weighted by Gasteiger charge is 2.08. The predicted molar refractivity (Wildman–Crippen MR) is 86.0 cm³/mol. The zero-order valence-electron chi connectivity index (χ0n) is 13.2. The van der Waals surface area contributed by atoms with Gasteiger partial charge in [0.05, 0.1) is 14.2 Å². The Bertz CT molecular complexity index is 742. The third kappa shape index (κ3) is 4.55. The number of hydrogen-bond donors (Lipinski definition) is 0. The van der Waals surface area contributed by atoms with Crippen LogP contribution in [0.25, 0.3) is 6.08 Å². The molecule has 24 heavy (non-hydrogen) atoms. The van der Waals surface area contributed by atoms with Gasteiger partial charge < -0.3 is 14.2 Å². The van der Waals surface area contributed by atoms with Crippen LogP contribution >= 0.6 is 0 Å². The second-order valence-corrected chi connectivity index (χ2v) is 4.71. The number of carbonyl (C=O) groups excluding carboxylic acids is 1. The van der Waals surface area contributed by atoms with Gasteiger partial charge in [0.1, 0.15) is 17.2 Å². The van der Waals surface area contributed by atoms with Gasteiger partial charge >= 0.3 is 6.61 Å². The standard InChI is InChI=1S/C18H16F2O4/c1-22-14-8-6-12(17(11-14)23-2)7-9-16(21)13-4-3-5-15(10-13)24-18(19)20/h3-11,18H,1-2H3/b9-7+. The highest BCUT2D eigenvalue weighted by Crippen LogP contribution is 2.26. The maximum Gasteiger partial charge on any atom is 0.387 e. The summed E-state index contributed by atoms with van der Waals surface area (Å²) >= 11 is 0. The van der Waals surface area contributed by atoms with E-state index in [9.17, 15) is 13.6 Å². The first-order valence-electron chi connectivity index (χ1n) is 7.03. The van der Waals surface area contributed by atoms with Crippen LogP contribution in [0.1, 0.15) is 15.9 Å². The molecule has 0 unspecified atom stereocenters. The molecule has 0 heterocycles.